The van der Waals surface area contributed by atoms with E-state index >= 15 is 0 Å². The van der Waals surface area contributed by atoms with Crippen LogP contribution >= 0.6 is 0 Å². The fraction of sp³-hybridized carbons (Fsp3) is 0.317. The monoisotopic (exact) mass is 1070 g/mol. The fourth-order valence-corrected chi connectivity index (χ4v) is 3.44. The number of ether oxygens (including phenoxy) is 4. The topological polar surface area (TPSA) is 377 Å². The van der Waals surface area contributed by atoms with E-state index in [0.717, 1.165) is 22.3 Å². The molecule has 0 atom stereocenters. The molecular formula is C41H58FeK3N19O5+. The van der Waals surface area contributed by atoms with E-state index in [4.69, 9.17) is 95.8 Å². The maximum atomic E-state index is 6.25. The molecule has 0 unspecified atom stereocenters. The van der Waals surface area contributed by atoms with Crippen molar-refractivity contribution in [2.24, 2.45) is 69.8 Å². The number of aromatic nitrogens is 4. The zero-order valence-electron chi connectivity index (χ0n) is 41.2. The van der Waals surface area contributed by atoms with Crippen LogP contribution in [0.1, 0.15) is 27.7 Å². The Balaban J connectivity index is -0.0000000670. The van der Waals surface area contributed by atoms with Gasteiger partial charge in [0.05, 0.1) is 25.0 Å². The van der Waals surface area contributed by atoms with Crippen molar-refractivity contribution >= 4 is 133 Å². The summed E-state index contributed by atoms with van der Waals surface area (Å²) in [5.74, 6) is 5.80. The molecule has 0 aliphatic rings. The van der Waals surface area contributed by atoms with Crippen molar-refractivity contribution in [2.45, 2.75) is 34.2 Å². The minimum atomic E-state index is -0.472. The molecule has 0 fully saturated rings. The van der Waals surface area contributed by atoms with Gasteiger partial charge >= 0.3 is 86.0 Å². The third kappa shape index (κ3) is 58.9. The van der Waals surface area contributed by atoms with E-state index in [2.05, 4.69) is 35.7 Å². The number of hydrogen-bond acceptors (Lipinski definition) is 18. The van der Waals surface area contributed by atoms with Gasteiger partial charge in [-0.25, -0.2) is 4.57 Å². The van der Waals surface area contributed by atoms with Crippen LogP contribution in [0.15, 0.2) is 133 Å². The summed E-state index contributed by atoms with van der Waals surface area (Å²) in [5, 5.41) is 64.5. The second kappa shape index (κ2) is 81.7. The molecule has 0 bridgehead atoms. The number of nitrogens with two attached hydrogens (primary N) is 1. The third-order valence-corrected chi connectivity index (χ3v) is 6.02. The van der Waals surface area contributed by atoms with Crippen molar-refractivity contribution in [3.63, 3.8) is 0 Å². The molecule has 69 heavy (non-hydrogen) atoms. The van der Waals surface area contributed by atoms with Gasteiger partial charge in [-0.15, -0.1) is 20.4 Å². The van der Waals surface area contributed by atoms with E-state index in [9.17, 15) is 0 Å². The Kier molecular flexibility index (Phi) is 109. The molecule has 7 N–H and O–H groups in total. The van der Waals surface area contributed by atoms with E-state index in [1.807, 2.05) is 172 Å². The molecule has 0 saturated heterocycles. The number of nitrogens with zero attached hydrogens (tertiary/aromatic N) is 17. The number of azo groups is 1. The van der Waals surface area contributed by atoms with E-state index in [0.29, 0.717) is 26.4 Å². The van der Waals surface area contributed by atoms with Crippen molar-refractivity contribution in [3.8, 4) is 0 Å². The van der Waals surface area contributed by atoms with E-state index in [1.165, 1.54) is 75.9 Å². The van der Waals surface area contributed by atoms with E-state index < -0.39 is 6.48 Å². The van der Waals surface area contributed by atoms with Crippen molar-refractivity contribution in [1.29, 1.82) is 31.6 Å². The summed E-state index contributed by atoms with van der Waals surface area (Å²) in [6.07, 6.45) is 10.3. The Morgan fingerprint density at radius 2 is 0.986 bits per heavy atom. The molecule has 0 spiro atoms. The summed E-state index contributed by atoms with van der Waals surface area (Å²) < 4.78 is 27.6. The molecule has 24 nitrogen and oxygen atoms in total. The molecule has 0 amide bonds. The first-order valence-corrected chi connectivity index (χ1v) is 34.7. The average Bonchev–Trinajstić information content (AvgIpc) is 3.37. The van der Waals surface area contributed by atoms with Gasteiger partial charge in [0, 0.05) is 117 Å². The molecule has 4 aromatic heterocycles. The van der Waals surface area contributed by atoms with Gasteiger partial charge in [0.25, 0.3) is 6.48 Å². The third-order valence-electron chi connectivity index (χ3n) is 6.02. The molecule has 4 rings (SSSR count). The maximum absolute atomic E-state index is 6.25. The summed E-state index contributed by atoms with van der Waals surface area (Å²) in [7, 11) is 7.61. The molecular weight excluding hydrogens is 1010 g/mol. The van der Waals surface area contributed by atoms with Crippen LogP contribution in [0.2, 0.25) is 0 Å². The van der Waals surface area contributed by atoms with E-state index in [1.54, 1.807) is 0 Å². The molecule has 4 heterocycles. The van der Waals surface area contributed by atoms with Gasteiger partial charge in [-0.2, -0.15) is 5.10 Å². The molecule has 357 valence electrons. The number of pyridine rings is 4. The zero-order valence-corrected chi connectivity index (χ0v) is 51.6. The summed E-state index contributed by atoms with van der Waals surface area (Å²) in [6, 6.07) is 22.8. The predicted molar refractivity (Wildman–Crippen MR) is 252 cm³/mol. The SMILES string of the molecule is CCO/C=N/N=c1\ccccn1C.CCOC(OCC)OCC.Cn1cccc/c1=N\N.Cn1cccc/c1=N\N=C\N=Nc1cccc[n+]1C.N.O.[C-]#N.[C-]#N.[C-]#N.[C-]#N.[C-]#N.[C-]#N.[Fe+6].[K].[K][K]. The van der Waals surface area contributed by atoms with Gasteiger partial charge < -0.3 is 121 Å². The Bertz CT molecular complexity index is 2060. The molecule has 0 aliphatic carbocycles. The van der Waals surface area contributed by atoms with Crippen molar-refractivity contribution in [3.05, 3.63) is 153 Å². The fourth-order valence-electron chi connectivity index (χ4n) is 3.44. The quantitative estimate of drug-likeness (QED) is 0.0238. The molecule has 0 aromatic carbocycles. The van der Waals surface area contributed by atoms with Crippen LogP contribution < -0.4 is 33.0 Å². The van der Waals surface area contributed by atoms with Gasteiger partial charge in [-0.1, -0.05) is 24.3 Å². The first-order valence-electron chi connectivity index (χ1n) is 18.7. The number of aryl methyl sites for hydroxylation is 4. The second-order valence-electron chi connectivity index (χ2n) is 9.79. The molecule has 4 aromatic rings. The Labute approximate surface area is 505 Å². The van der Waals surface area contributed by atoms with Crippen LogP contribution in [0.25, 0.3) is 0 Å². The Morgan fingerprint density at radius 1 is 0.623 bits per heavy atom. The predicted octanol–water partition coefficient (Wildman–Crippen LogP) is 2.33. The van der Waals surface area contributed by atoms with Gasteiger partial charge in [-0.05, 0) is 75.3 Å². The second-order valence-corrected chi connectivity index (χ2v) is 9.79. The summed E-state index contributed by atoms with van der Waals surface area (Å²) >= 11 is 2.50. The van der Waals surface area contributed by atoms with Gasteiger partial charge in [0.15, 0.2) is 29.2 Å². The summed E-state index contributed by atoms with van der Waals surface area (Å²) in [5.41, 5.74) is 2.31. The van der Waals surface area contributed by atoms with Crippen LogP contribution in [-0.2, 0) is 64.2 Å². The minimum absolute atomic E-state index is 0. The first kappa shape index (κ1) is 91.9. The van der Waals surface area contributed by atoms with Crippen LogP contribution in [0.4, 0.5) is 5.82 Å². The van der Waals surface area contributed by atoms with Gasteiger partial charge in [0.2, 0.25) is 0 Å². The number of hydrogen-bond donors (Lipinski definition) is 2. The van der Waals surface area contributed by atoms with Gasteiger partial charge in [-0.3, -0.25) is 0 Å². The van der Waals surface area contributed by atoms with E-state index in [-0.39, 0.29) is 80.1 Å². The molecule has 28 heteroatoms. The van der Waals surface area contributed by atoms with Crippen molar-refractivity contribution < 1.29 is 46.1 Å². The first-order chi connectivity index (χ1) is 31.8. The zero-order chi connectivity index (χ0) is 51.5. The summed E-state index contributed by atoms with van der Waals surface area (Å²) in [4.78, 5) is 0. The van der Waals surface area contributed by atoms with Crippen LogP contribution in [0.5, 0.6) is 0 Å². The van der Waals surface area contributed by atoms with Crippen molar-refractivity contribution in [1.82, 2.24) is 19.9 Å². The van der Waals surface area contributed by atoms with Crippen LogP contribution in [-0.4, -0.2) is 179 Å². The number of rotatable bonds is 12. The Morgan fingerprint density at radius 3 is 1.30 bits per heavy atom. The van der Waals surface area contributed by atoms with Crippen LogP contribution in [0.3, 0.4) is 0 Å². The summed E-state index contributed by atoms with van der Waals surface area (Å²) in [6.45, 7) is 38.1. The standard InChI is InChI=1S/C13H15N6.C9H13N3O.C7H16O3.C6H9N3.6CN.Fe.3K.H3N.H2O/c1-18-9-5-3-7-12(18)16-14-11-15-17-13-8-4-6-10-19(13)2;1-3-13-8-10-11-9-6-4-5-7-12(9)2;1-4-8-7(9-5-2)10-6-3;1-9-5-3-2-4-6(9)8-7;6*1-2;;;;;;/h3-11H,1-2H3;4-8H,3H2,1-2H3;7H,4-6H2,1-3H3;2-5H,7H2,1H3;;;;;;;;;;;1H3;1H2/q+1;;;;6*-1;+6;;;;;/b;10-8+,11-9+;;8-6+;;;;;;;;;;;;. The molecule has 0 saturated carbocycles. The van der Waals surface area contributed by atoms with Crippen molar-refractivity contribution in [2.75, 3.05) is 26.4 Å². The molecule has 1 radical (unpaired) electrons. The van der Waals surface area contributed by atoms with Crippen LogP contribution in [0, 0.1) is 71.0 Å². The molecule has 0 aliphatic heterocycles. The van der Waals surface area contributed by atoms with Gasteiger partial charge in [0.1, 0.15) is 0 Å². The Hall–Kier alpha value is -3.29. The normalized spacial score (nSPS) is 9.20. The average molecular weight is 1070 g/mol.